The van der Waals surface area contributed by atoms with Crippen molar-refractivity contribution in [2.24, 2.45) is 0 Å². The molecule has 2 rings (SSSR count). The summed E-state index contributed by atoms with van der Waals surface area (Å²) in [4.78, 5) is 12.3. The maximum atomic E-state index is 12.3. The van der Waals surface area contributed by atoms with Crippen LogP contribution in [0.25, 0.3) is 0 Å². The Hall–Kier alpha value is -1.89. The van der Waals surface area contributed by atoms with Gasteiger partial charge in [-0.15, -0.1) is 0 Å². The van der Waals surface area contributed by atoms with E-state index in [1.54, 1.807) is 0 Å². The van der Waals surface area contributed by atoms with Crippen LogP contribution in [0.15, 0.2) is 54.6 Å². The number of unbranched alkanes of at least 4 members (excludes halogenated alkanes) is 2. The van der Waals surface area contributed by atoms with E-state index in [1.165, 1.54) is 24.8 Å². The molecule has 0 unspecified atom stereocenters. The number of carbonyl (C=O) groups is 1. The number of ketones is 1. The molecule has 1 nitrogen and oxygen atoms in total. The van der Waals surface area contributed by atoms with Crippen molar-refractivity contribution >= 4 is 5.78 Å². The summed E-state index contributed by atoms with van der Waals surface area (Å²) in [5.74, 6) is 0.109. The van der Waals surface area contributed by atoms with E-state index in [2.05, 4.69) is 13.0 Å². The monoisotopic (exact) mass is 252 g/mol. The van der Waals surface area contributed by atoms with E-state index in [1.807, 2.05) is 48.5 Å². The second kappa shape index (κ2) is 6.89. The lowest BCUT2D eigenvalue weighted by atomic mass is 9.99. The molecule has 1 heteroatoms. The predicted molar refractivity (Wildman–Crippen MR) is 79.5 cm³/mol. The second-order valence-corrected chi connectivity index (χ2v) is 4.85. The lowest BCUT2D eigenvalue weighted by Gasteiger charge is -2.05. The maximum absolute atomic E-state index is 12.3. The van der Waals surface area contributed by atoms with Crippen molar-refractivity contribution in [2.75, 3.05) is 0 Å². The van der Waals surface area contributed by atoms with Crippen LogP contribution in [-0.4, -0.2) is 5.78 Å². The van der Waals surface area contributed by atoms with Crippen molar-refractivity contribution in [2.45, 2.75) is 32.6 Å². The number of carbonyl (C=O) groups excluding carboxylic acids is 1. The molecule has 0 amide bonds. The number of benzene rings is 2. The number of hydrogen-bond donors (Lipinski definition) is 0. The molecule has 0 saturated carbocycles. The van der Waals surface area contributed by atoms with Gasteiger partial charge in [0, 0.05) is 11.1 Å². The van der Waals surface area contributed by atoms with Crippen LogP contribution in [0.4, 0.5) is 0 Å². The minimum atomic E-state index is 0.109. The first-order chi connectivity index (χ1) is 9.31. The van der Waals surface area contributed by atoms with Crippen LogP contribution in [0, 0.1) is 0 Å². The topological polar surface area (TPSA) is 17.1 Å². The van der Waals surface area contributed by atoms with Crippen molar-refractivity contribution in [1.29, 1.82) is 0 Å². The molecule has 19 heavy (non-hydrogen) atoms. The van der Waals surface area contributed by atoms with Gasteiger partial charge in [-0.1, -0.05) is 68.3 Å². The molecule has 0 radical (unpaired) electrons. The first-order valence-electron chi connectivity index (χ1n) is 7.00. The second-order valence-electron chi connectivity index (χ2n) is 4.85. The first-order valence-corrected chi connectivity index (χ1v) is 7.00. The molecule has 0 spiro atoms. The summed E-state index contributed by atoms with van der Waals surface area (Å²) in [6, 6.07) is 17.5. The van der Waals surface area contributed by atoms with E-state index in [4.69, 9.17) is 0 Å². The molecular formula is C18H20O. The standard InChI is InChI=1S/C18H20O/c1-2-3-5-9-15-10-8-13-17(14-15)18(19)16-11-6-4-7-12-16/h4,6-8,10-14H,2-3,5,9H2,1H3. The van der Waals surface area contributed by atoms with Gasteiger partial charge in [0.2, 0.25) is 0 Å². The highest BCUT2D eigenvalue weighted by molar-refractivity contribution is 6.09. The predicted octanol–water partition coefficient (Wildman–Crippen LogP) is 4.65. The highest BCUT2D eigenvalue weighted by Crippen LogP contribution is 2.13. The van der Waals surface area contributed by atoms with E-state index in [-0.39, 0.29) is 5.78 Å². The van der Waals surface area contributed by atoms with Crippen LogP contribution < -0.4 is 0 Å². The van der Waals surface area contributed by atoms with Gasteiger partial charge in [-0.05, 0) is 24.5 Å². The molecule has 0 atom stereocenters. The third-order valence-corrected chi connectivity index (χ3v) is 3.29. The van der Waals surface area contributed by atoms with Gasteiger partial charge in [0.1, 0.15) is 0 Å². The Balaban J connectivity index is 2.12. The molecule has 0 N–H and O–H groups in total. The Labute approximate surface area is 115 Å². The molecule has 0 fully saturated rings. The lowest BCUT2D eigenvalue weighted by Crippen LogP contribution is -2.01. The summed E-state index contributed by atoms with van der Waals surface area (Å²) < 4.78 is 0. The quantitative estimate of drug-likeness (QED) is 0.540. The summed E-state index contributed by atoms with van der Waals surface area (Å²) in [7, 11) is 0. The molecule has 2 aromatic rings. The molecule has 0 aliphatic heterocycles. The van der Waals surface area contributed by atoms with Gasteiger partial charge in [0.25, 0.3) is 0 Å². The fraction of sp³-hybridized carbons (Fsp3) is 0.278. The third kappa shape index (κ3) is 3.78. The Bertz CT molecular complexity index is 528. The molecule has 0 aliphatic rings. The third-order valence-electron chi connectivity index (χ3n) is 3.29. The van der Waals surface area contributed by atoms with Gasteiger partial charge in [0.15, 0.2) is 5.78 Å². The normalized spacial score (nSPS) is 10.4. The van der Waals surface area contributed by atoms with Gasteiger partial charge < -0.3 is 0 Å². The van der Waals surface area contributed by atoms with Gasteiger partial charge >= 0.3 is 0 Å². The number of hydrogen-bond acceptors (Lipinski definition) is 1. The van der Waals surface area contributed by atoms with Crippen LogP contribution in [0.2, 0.25) is 0 Å². The van der Waals surface area contributed by atoms with E-state index in [0.29, 0.717) is 0 Å². The Kier molecular flexibility index (Phi) is 4.91. The summed E-state index contributed by atoms with van der Waals surface area (Å²) in [6.07, 6.45) is 4.72. The summed E-state index contributed by atoms with van der Waals surface area (Å²) >= 11 is 0. The molecule has 0 saturated heterocycles. The number of rotatable bonds is 6. The van der Waals surface area contributed by atoms with Crippen molar-refractivity contribution in [3.8, 4) is 0 Å². The highest BCUT2D eigenvalue weighted by Gasteiger charge is 2.08. The summed E-state index contributed by atoms with van der Waals surface area (Å²) in [5.41, 5.74) is 2.81. The van der Waals surface area contributed by atoms with Crippen LogP contribution >= 0.6 is 0 Å². The Morgan fingerprint density at radius 2 is 1.63 bits per heavy atom. The molecule has 2 aromatic carbocycles. The molecule has 0 aliphatic carbocycles. The average Bonchev–Trinajstić information content (AvgIpc) is 2.48. The van der Waals surface area contributed by atoms with Crippen LogP contribution in [0.3, 0.4) is 0 Å². The Morgan fingerprint density at radius 3 is 2.37 bits per heavy atom. The smallest absolute Gasteiger partial charge is 0.193 e. The van der Waals surface area contributed by atoms with E-state index >= 15 is 0 Å². The van der Waals surface area contributed by atoms with Crippen LogP contribution in [0.1, 0.15) is 47.7 Å². The zero-order valence-corrected chi connectivity index (χ0v) is 11.4. The fourth-order valence-corrected chi connectivity index (χ4v) is 2.20. The van der Waals surface area contributed by atoms with Gasteiger partial charge in [-0.2, -0.15) is 0 Å². The van der Waals surface area contributed by atoms with E-state index < -0.39 is 0 Å². The maximum Gasteiger partial charge on any atom is 0.193 e. The largest absolute Gasteiger partial charge is 0.289 e. The van der Waals surface area contributed by atoms with Crippen molar-refractivity contribution in [3.05, 3.63) is 71.3 Å². The average molecular weight is 252 g/mol. The molecule has 98 valence electrons. The van der Waals surface area contributed by atoms with Gasteiger partial charge in [-0.3, -0.25) is 4.79 Å². The molecule has 0 aromatic heterocycles. The summed E-state index contributed by atoms with van der Waals surface area (Å²) in [6.45, 7) is 2.20. The van der Waals surface area contributed by atoms with Gasteiger partial charge in [0.05, 0.1) is 0 Å². The lowest BCUT2D eigenvalue weighted by molar-refractivity contribution is 0.103. The minimum absolute atomic E-state index is 0.109. The molecule has 0 bridgehead atoms. The van der Waals surface area contributed by atoms with Crippen molar-refractivity contribution < 1.29 is 4.79 Å². The Morgan fingerprint density at radius 1 is 0.895 bits per heavy atom. The molecular weight excluding hydrogens is 232 g/mol. The number of aryl methyl sites for hydroxylation is 1. The zero-order chi connectivity index (χ0) is 13.5. The van der Waals surface area contributed by atoms with E-state index in [0.717, 1.165) is 17.5 Å². The minimum Gasteiger partial charge on any atom is -0.289 e. The van der Waals surface area contributed by atoms with E-state index in [9.17, 15) is 4.79 Å². The zero-order valence-electron chi connectivity index (χ0n) is 11.4. The summed E-state index contributed by atoms with van der Waals surface area (Å²) in [5, 5.41) is 0. The molecule has 0 heterocycles. The van der Waals surface area contributed by atoms with Crippen molar-refractivity contribution in [3.63, 3.8) is 0 Å². The first kappa shape index (κ1) is 13.5. The highest BCUT2D eigenvalue weighted by atomic mass is 16.1. The SMILES string of the molecule is CCCCCc1cccc(C(=O)c2ccccc2)c1. The van der Waals surface area contributed by atoms with Crippen LogP contribution in [0.5, 0.6) is 0 Å². The fourth-order valence-electron chi connectivity index (χ4n) is 2.20. The van der Waals surface area contributed by atoms with Gasteiger partial charge in [-0.25, -0.2) is 0 Å². The van der Waals surface area contributed by atoms with Crippen molar-refractivity contribution in [1.82, 2.24) is 0 Å². The van der Waals surface area contributed by atoms with Crippen LogP contribution in [-0.2, 0) is 6.42 Å².